The molecule has 2 heterocycles. The zero-order valence-corrected chi connectivity index (χ0v) is 10.9. The maximum atomic E-state index is 11.7. The Balaban J connectivity index is 1.70. The number of nitrogens with zero attached hydrogens (tertiary/aromatic N) is 1. The van der Waals surface area contributed by atoms with Gasteiger partial charge in [-0.1, -0.05) is 0 Å². The summed E-state index contributed by atoms with van der Waals surface area (Å²) in [6.07, 6.45) is 3.72. The summed E-state index contributed by atoms with van der Waals surface area (Å²) in [6, 6.07) is 0. The minimum atomic E-state index is 0.0749. The third-order valence-corrected chi connectivity index (χ3v) is 3.86. The highest BCUT2D eigenvalue weighted by Gasteiger charge is 2.15. The van der Waals surface area contributed by atoms with Crippen LogP contribution in [-0.2, 0) is 9.53 Å². The van der Waals surface area contributed by atoms with E-state index >= 15 is 0 Å². The summed E-state index contributed by atoms with van der Waals surface area (Å²) in [6.45, 7) is 3.62. The Kier molecular flexibility index (Phi) is 4.50. The molecular formula is C12H18N2O2S. The van der Waals surface area contributed by atoms with Gasteiger partial charge < -0.3 is 10.1 Å². The molecule has 94 valence electrons. The van der Waals surface area contributed by atoms with Gasteiger partial charge in [0.2, 0.25) is 5.91 Å². The summed E-state index contributed by atoms with van der Waals surface area (Å²) in [7, 11) is 0. The van der Waals surface area contributed by atoms with Crippen molar-refractivity contribution in [3.63, 3.8) is 0 Å². The number of rotatable bonds is 4. The van der Waals surface area contributed by atoms with Gasteiger partial charge in [-0.3, -0.25) is 4.79 Å². The van der Waals surface area contributed by atoms with Gasteiger partial charge in [0.15, 0.2) is 5.13 Å². The molecule has 1 amide bonds. The van der Waals surface area contributed by atoms with Gasteiger partial charge in [0.05, 0.1) is 5.69 Å². The third kappa shape index (κ3) is 4.09. The van der Waals surface area contributed by atoms with E-state index in [1.165, 1.54) is 11.3 Å². The summed E-state index contributed by atoms with van der Waals surface area (Å²) in [4.78, 5) is 15.9. The molecule has 1 aromatic heterocycles. The van der Waals surface area contributed by atoms with Crippen molar-refractivity contribution < 1.29 is 9.53 Å². The highest BCUT2D eigenvalue weighted by molar-refractivity contribution is 7.13. The number of aromatic nitrogens is 1. The second kappa shape index (κ2) is 6.12. The number of aryl methyl sites for hydroxylation is 1. The Morgan fingerprint density at radius 1 is 1.59 bits per heavy atom. The van der Waals surface area contributed by atoms with Crippen molar-refractivity contribution in [3.05, 3.63) is 11.1 Å². The van der Waals surface area contributed by atoms with Crippen molar-refractivity contribution in [1.29, 1.82) is 0 Å². The lowest BCUT2D eigenvalue weighted by molar-refractivity contribution is -0.116. The third-order valence-electron chi connectivity index (χ3n) is 2.99. The average molecular weight is 254 g/mol. The van der Waals surface area contributed by atoms with Crippen molar-refractivity contribution in [2.24, 2.45) is 5.92 Å². The van der Waals surface area contributed by atoms with E-state index in [1.807, 2.05) is 12.3 Å². The second-order valence-electron chi connectivity index (χ2n) is 4.44. The van der Waals surface area contributed by atoms with Crippen LogP contribution in [0.5, 0.6) is 0 Å². The first kappa shape index (κ1) is 12.5. The summed E-state index contributed by atoms with van der Waals surface area (Å²) in [5, 5.41) is 5.49. The van der Waals surface area contributed by atoms with E-state index < -0.39 is 0 Å². The molecule has 5 heteroatoms. The smallest absolute Gasteiger partial charge is 0.226 e. The molecule has 4 nitrogen and oxygen atoms in total. The molecule has 0 unspecified atom stereocenters. The van der Waals surface area contributed by atoms with E-state index in [0.29, 0.717) is 17.5 Å². The van der Waals surface area contributed by atoms with Gasteiger partial charge in [-0.25, -0.2) is 4.98 Å². The van der Waals surface area contributed by atoms with Crippen LogP contribution in [0.3, 0.4) is 0 Å². The SMILES string of the molecule is Cc1csc(NC(=O)CCC2CCOCC2)n1. The fourth-order valence-electron chi connectivity index (χ4n) is 1.96. The Hall–Kier alpha value is -0.940. The fraction of sp³-hybridized carbons (Fsp3) is 0.667. The fourth-order valence-corrected chi connectivity index (χ4v) is 2.67. The summed E-state index contributed by atoms with van der Waals surface area (Å²) < 4.78 is 5.30. The molecule has 0 spiro atoms. The number of amides is 1. The molecule has 2 rings (SSSR count). The molecule has 1 saturated heterocycles. The van der Waals surface area contributed by atoms with Crippen LogP contribution in [0.1, 0.15) is 31.4 Å². The standard InChI is InChI=1S/C12H18N2O2S/c1-9-8-17-12(13-9)14-11(15)3-2-10-4-6-16-7-5-10/h8,10H,2-7H2,1H3,(H,13,14,15). The molecule has 0 bridgehead atoms. The molecule has 0 radical (unpaired) electrons. The molecule has 1 fully saturated rings. The minimum Gasteiger partial charge on any atom is -0.381 e. The van der Waals surface area contributed by atoms with Crippen molar-refractivity contribution in [3.8, 4) is 0 Å². The van der Waals surface area contributed by atoms with E-state index in [9.17, 15) is 4.79 Å². The van der Waals surface area contributed by atoms with E-state index in [0.717, 1.165) is 38.2 Å². The zero-order chi connectivity index (χ0) is 12.1. The second-order valence-corrected chi connectivity index (χ2v) is 5.29. The van der Waals surface area contributed by atoms with E-state index in [4.69, 9.17) is 4.74 Å². The number of hydrogen-bond donors (Lipinski definition) is 1. The van der Waals surface area contributed by atoms with Gasteiger partial charge in [-0.2, -0.15) is 0 Å². The Bertz CT molecular complexity index is 372. The monoisotopic (exact) mass is 254 g/mol. The highest BCUT2D eigenvalue weighted by Crippen LogP contribution is 2.21. The number of nitrogens with one attached hydrogen (secondary N) is 1. The highest BCUT2D eigenvalue weighted by atomic mass is 32.1. The summed E-state index contributed by atoms with van der Waals surface area (Å²) in [5.74, 6) is 0.721. The molecule has 1 aromatic rings. The van der Waals surface area contributed by atoms with Crippen molar-refractivity contribution in [2.75, 3.05) is 18.5 Å². The number of carbonyl (C=O) groups excluding carboxylic acids is 1. The van der Waals surface area contributed by atoms with Gasteiger partial charge in [0.1, 0.15) is 0 Å². The Labute approximate surface area is 105 Å². The van der Waals surface area contributed by atoms with Crippen LogP contribution in [-0.4, -0.2) is 24.1 Å². The van der Waals surface area contributed by atoms with Crippen LogP contribution in [0.15, 0.2) is 5.38 Å². The molecule has 17 heavy (non-hydrogen) atoms. The topological polar surface area (TPSA) is 51.2 Å². The zero-order valence-electron chi connectivity index (χ0n) is 10.1. The summed E-state index contributed by atoms with van der Waals surface area (Å²) in [5.41, 5.74) is 0.953. The lowest BCUT2D eigenvalue weighted by atomic mass is 9.95. The van der Waals surface area contributed by atoms with Crippen LogP contribution in [0.25, 0.3) is 0 Å². The maximum Gasteiger partial charge on any atom is 0.226 e. The lowest BCUT2D eigenvalue weighted by Crippen LogP contribution is -2.18. The minimum absolute atomic E-state index is 0.0749. The van der Waals surface area contributed by atoms with Crippen LogP contribution < -0.4 is 5.32 Å². The van der Waals surface area contributed by atoms with Crippen LogP contribution in [0.2, 0.25) is 0 Å². The number of carbonyl (C=O) groups is 1. The van der Waals surface area contributed by atoms with E-state index in [2.05, 4.69) is 10.3 Å². The predicted octanol–water partition coefficient (Wildman–Crippen LogP) is 2.60. The molecule has 1 N–H and O–H groups in total. The first-order valence-corrected chi connectivity index (χ1v) is 6.92. The van der Waals surface area contributed by atoms with Gasteiger partial charge in [-0.15, -0.1) is 11.3 Å². The van der Waals surface area contributed by atoms with Crippen LogP contribution in [0.4, 0.5) is 5.13 Å². The van der Waals surface area contributed by atoms with Gasteiger partial charge in [0, 0.05) is 25.0 Å². The number of anilines is 1. The molecule has 1 aliphatic rings. The van der Waals surface area contributed by atoms with Crippen LogP contribution in [0, 0.1) is 12.8 Å². The first-order chi connectivity index (χ1) is 8.24. The van der Waals surface area contributed by atoms with Crippen LogP contribution >= 0.6 is 11.3 Å². The number of ether oxygens (including phenoxy) is 1. The normalized spacial score (nSPS) is 17.0. The molecule has 0 saturated carbocycles. The molecular weight excluding hydrogens is 236 g/mol. The lowest BCUT2D eigenvalue weighted by Gasteiger charge is -2.21. The molecule has 0 aliphatic carbocycles. The predicted molar refractivity (Wildman–Crippen MR) is 68.3 cm³/mol. The van der Waals surface area contributed by atoms with E-state index in [-0.39, 0.29) is 5.91 Å². The van der Waals surface area contributed by atoms with Crippen molar-refractivity contribution >= 4 is 22.4 Å². The molecule has 0 aromatic carbocycles. The quantitative estimate of drug-likeness (QED) is 0.898. The first-order valence-electron chi connectivity index (χ1n) is 6.04. The van der Waals surface area contributed by atoms with Gasteiger partial charge in [0.25, 0.3) is 0 Å². The largest absolute Gasteiger partial charge is 0.381 e. The number of thiazole rings is 1. The maximum absolute atomic E-state index is 11.7. The number of hydrogen-bond acceptors (Lipinski definition) is 4. The van der Waals surface area contributed by atoms with Crippen molar-refractivity contribution in [1.82, 2.24) is 4.98 Å². The van der Waals surface area contributed by atoms with E-state index in [1.54, 1.807) is 0 Å². The van der Waals surface area contributed by atoms with Gasteiger partial charge in [-0.05, 0) is 32.1 Å². The average Bonchev–Trinajstić information content (AvgIpc) is 2.73. The summed E-state index contributed by atoms with van der Waals surface area (Å²) >= 11 is 1.48. The molecule has 0 atom stereocenters. The van der Waals surface area contributed by atoms with Gasteiger partial charge >= 0.3 is 0 Å². The van der Waals surface area contributed by atoms with Crippen molar-refractivity contribution in [2.45, 2.75) is 32.6 Å². The molecule has 1 aliphatic heterocycles. The Morgan fingerprint density at radius 3 is 3.00 bits per heavy atom. The Morgan fingerprint density at radius 2 is 2.35 bits per heavy atom.